The van der Waals surface area contributed by atoms with E-state index >= 15 is 0 Å². The average molecular weight is 164 g/mol. The molecule has 0 spiro atoms. The summed E-state index contributed by atoms with van der Waals surface area (Å²) in [6.07, 6.45) is -1.19. The molecule has 0 fully saturated rings. The van der Waals surface area contributed by atoms with E-state index in [0.29, 0.717) is 19.8 Å². The molecule has 2 atom stereocenters. The van der Waals surface area contributed by atoms with E-state index in [1.807, 2.05) is 0 Å². The van der Waals surface area contributed by atoms with Crippen molar-refractivity contribution >= 4 is 0 Å². The van der Waals surface area contributed by atoms with Crippen LogP contribution in [0.2, 0.25) is 0 Å². The molecule has 0 aliphatic rings. The predicted molar refractivity (Wildman–Crippen MR) is 40.1 cm³/mol. The first-order chi connectivity index (χ1) is 5.13. The molecule has 0 aromatic carbocycles. The second kappa shape index (κ2) is 6.54. The van der Waals surface area contributed by atoms with Crippen molar-refractivity contribution in [3.63, 3.8) is 0 Å². The smallest absolute Gasteiger partial charge is 0.151 e. The number of rotatable bonds is 6. The van der Waals surface area contributed by atoms with Crippen LogP contribution in [0.4, 0.5) is 0 Å². The summed E-state index contributed by atoms with van der Waals surface area (Å²) in [5.74, 6) is 0. The summed E-state index contributed by atoms with van der Waals surface area (Å²) in [4.78, 5) is 0. The van der Waals surface area contributed by atoms with Crippen molar-refractivity contribution in [1.29, 1.82) is 0 Å². The Morgan fingerprint density at radius 2 is 1.82 bits per heavy atom. The third-order valence-corrected chi connectivity index (χ3v) is 0.946. The number of aliphatic hydroxyl groups excluding tert-OH is 2. The zero-order valence-electron chi connectivity index (χ0n) is 6.99. The summed E-state index contributed by atoms with van der Waals surface area (Å²) in [5, 5.41) is 17.4. The summed E-state index contributed by atoms with van der Waals surface area (Å²) in [6, 6.07) is 0. The first-order valence-electron chi connectivity index (χ1n) is 3.68. The highest BCUT2D eigenvalue weighted by Gasteiger charge is 1.96. The quantitative estimate of drug-likeness (QED) is 0.419. The van der Waals surface area contributed by atoms with E-state index in [1.54, 1.807) is 6.92 Å². The van der Waals surface area contributed by atoms with E-state index in [2.05, 4.69) is 0 Å². The number of hydrogen-bond donors (Lipinski definition) is 2. The SMILES string of the molecule is CC(O)COCCOC(C)O. The number of ether oxygens (including phenoxy) is 2. The van der Waals surface area contributed by atoms with Crippen molar-refractivity contribution in [2.45, 2.75) is 26.2 Å². The van der Waals surface area contributed by atoms with Gasteiger partial charge in [0, 0.05) is 0 Å². The largest absolute Gasteiger partial charge is 0.391 e. The minimum absolute atomic E-state index is 0.309. The predicted octanol–water partition coefficient (Wildman–Crippen LogP) is -0.261. The molecule has 0 saturated carbocycles. The van der Waals surface area contributed by atoms with Crippen molar-refractivity contribution in [2.75, 3.05) is 19.8 Å². The van der Waals surface area contributed by atoms with Crippen LogP contribution in [0.1, 0.15) is 13.8 Å². The lowest BCUT2D eigenvalue weighted by molar-refractivity contribution is -0.102. The van der Waals surface area contributed by atoms with Crippen LogP contribution in [0.15, 0.2) is 0 Å². The summed E-state index contributed by atoms with van der Waals surface area (Å²) < 4.78 is 9.73. The lowest BCUT2D eigenvalue weighted by atomic mass is 10.4. The molecule has 11 heavy (non-hydrogen) atoms. The lowest BCUT2D eigenvalue weighted by Crippen LogP contribution is -2.16. The number of aliphatic hydroxyl groups is 2. The molecule has 0 heterocycles. The molecule has 4 heteroatoms. The van der Waals surface area contributed by atoms with Gasteiger partial charge in [0.2, 0.25) is 0 Å². The third kappa shape index (κ3) is 9.84. The fourth-order valence-electron chi connectivity index (χ4n) is 0.531. The van der Waals surface area contributed by atoms with Gasteiger partial charge < -0.3 is 19.7 Å². The van der Waals surface area contributed by atoms with Crippen molar-refractivity contribution < 1.29 is 19.7 Å². The van der Waals surface area contributed by atoms with Crippen LogP contribution >= 0.6 is 0 Å². The average Bonchev–Trinajstić information content (AvgIpc) is 1.85. The Labute approximate surface area is 66.7 Å². The lowest BCUT2D eigenvalue weighted by Gasteiger charge is -2.08. The van der Waals surface area contributed by atoms with Gasteiger partial charge in [0.15, 0.2) is 6.29 Å². The van der Waals surface area contributed by atoms with Crippen LogP contribution in [0.5, 0.6) is 0 Å². The van der Waals surface area contributed by atoms with E-state index in [1.165, 1.54) is 6.92 Å². The molecule has 0 bridgehead atoms. The van der Waals surface area contributed by atoms with Gasteiger partial charge in [-0.05, 0) is 13.8 Å². The minimum Gasteiger partial charge on any atom is -0.391 e. The zero-order chi connectivity index (χ0) is 8.69. The van der Waals surface area contributed by atoms with Gasteiger partial charge >= 0.3 is 0 Å². The highest BCUT2D eigenvalue weighted by molar-refractivity contribution is 4.40. The molecule has 2 unspecified atom stereocenters. The van der Waals surface area contributed by atoms with Crippen LogP contribution in [-0.4, -0.2) is 42.4 Å². The van der Waals surface area contributed by atoms with E-state index in [-0.39, 0.29) is 0 Å². The molecular weight excluding hydrogens is 148 g/mol. The van der Waals surface area contributed by atoms with Crippen molar-refractivity contribution in [1.82, 2.24) is 0 Å². The molecule has 4 nitrogen and oxygen atoms in total. The van der Waals surface area contributed by atoms with Crippen LogP contribution in [0.3, 0.4) is 0 Å². The standard InChI is InChI=1S/C7H16O4/c1-6(8)5-10-3-4-11-7(2)9/h6-9H,3-5H2,1-2H3. The van der Waals surface area contributed by atoms with E-state index in [0.717, 1.165) is 0 Å². The fourth-order valence-corrected chi connectivity index (χ4v) is 0.531. The summed E-state index contributed by atoms with van der Waals surface area (Å²) >= 11 is 0. The van der Waals surface area contributed by atoms with E-state index < -0.39 is 12.4 Å². The summed E-state index contributed by atoms with van der Waals surface area (Å²) in [6.45, 7) is 4.24. The van der Waals surface area contributed by atoms with Gasteiger partial charge in [-0.1, -0.05) is 0 Å². The second-order valence-electron chi connectivity index (χ2n) is 2.39. The Hall–Kier alpha value is -0.160. The third-order valence-electron chi connectivity index (χ3n) is 0.946. The molecule has 0 radical (unpaired) electrons. The Morgan fingerprint density at radius 3 is 2.27 bits per heavy atom. The minimum atomic E-state index is -0.745. The molecule has 0 aliphatic carbocycles. The van der Waals surface area contributed by atoms with Gasteiger partial charge in [-0.2, -0.15) is 0 Å². The maximum absolute atomic E-state index is 8.75. The van der Waals surface area contributed by atoms with Crippen LogP contribution < -0.4 is 0 Å². The van der Waals surface area contributed by atoms with Crippen LogP contribution in [0.25, 0.3) is 0 Å². The first kappa shape index (κ1) is 10.8. The Bertz CT molecular complexity index is 72.5. The van der Waals surface area contributed by atoms with Crippen LogP contribution in [-0.2, 0) is 9.47 Å². The van der Waals surface area contributed by atoms with Crippen LogP contribution in [0, 0.1) is 0 Å². The summed E-state index contributed by atoms with van der Waals surface area (Å²) in [7, 11) is 0. The highest BCUT2D eigenvalue weighted by Crippen LogP contribution is 1.86. The fraction of sp³-hybridized carbons (Fsp3) is 1.00. The molecule has 0 aromatic rings. The van der Waals surface area contributed by atoms with Gasteiger partial charge in [-0.25, -0.2) is 0 Å². The number of hydrogen-bond acceptors (Lipinski definition) is 4. The van der Waals surface area contributed by atoms with Crippen molar-refractivity contribution in [3.05, 3.63) is 0 Å². The molecular formula is C7H16O4. The normalized spacial score (nSPS) is 16.4. The monoisotopic (exact) mass is 164 g/mol. The van der Waals surface area contributed by atoms with Crippen molar-refractivity contribution in [3.8, 4) is 0 Å². The second-order valence-corrected chi connectivity index (χ2v) is 2.39. The zero-order valence-corrected chi connectivity index (χ0v) is 6.99. The molecule has 0 amide bonds. The molecule has 0 aromatic heterocycles. The van der Waals surface area contributed by atoms with Gasteiger partial charge in [0.25, 0.3) is 0 Å². The van der Waals surface area contributed by atoms with E-state index in [4.69, 9.17) is 19.7 Å². The topological polar surface area (TPSA) is 58.9 Å². The van der Waals surface area contributed by atoms with Gasteiger partial charge in [-0.3, -0.25) is 0 Å². The molecule has 0 rings (SSSR count). The molecule has 68 valence electrons. The molecule has 2 N–H and O–H groups in total. The Morgan fingerprint density at radius 1 is 1.18 bits per heavy atom. The van der Waals surface area contributed by atoms with Gasteiger partial charge in [-0.15, -0.1) is 0 Å². The van der Waals surface area contributed by atoms with Crippen molar-refractivity contribution in [2.24, 2.45) is 0 Å². The molecule has 0 aliphatic heterocycles. The summed E-state index contributed by atoms with van der Waals surface area (Å²) in [5.41, 5.74) is 0. The first-order valence-corrected chi connectivity index (χ1v) is 3.68. The maximum atomic E-state index is 8.75. The highest BCUT2D eigenvalue weighted by atomic mass is 16.6. The van der Waals surface area contributed by atoms with Gasteiger partial charge in [0.05, 0.1) is 25.9 Å². The molecule has 0 saturated heterocycles. The Kier molecular flexibility index (Phi) is 6.45. The Balaban J connectivity index is 2.91. The maximum Gasteiger partial charge on any atom is 0.151 e. The van der Waals surface area contributed by atoms with Gasteiger partial charge in [0.1, 0.15) is 0 Å². The van der Waals surface area contributed by atoms with E-state index in [9.17, 15) is 0 Å².